The van der Waals surface area contributed by atoms with Crippen LogP contribution in [0.3, 0.4) is 0 Å². The Morgan fingerprint density at radius 1 is 1.32 bits per heavy atom. The van der Waals surface area contributed by atoms with E-state index in [2.05, 4.69) is 42.5 Å². The molecule has 1 amide bonds. The van der Waals surface area contributed by atoms with Gasteiger partial charge >= 0.3 is 0 Å². The Balaban J connectivity index is 2.16. The Bertz CT molecular complexity index is 929. The number of anilines is 1. The molecule has 1 heterocycles. The smallest absolute Gasteiger partial charge is 0.296 e. The molecule has 3 N–H and O–H groups in total. The summed E-state index contributed by atoms with van der Waals surface area (Å²) in [6.07, 6.45) is 5.10. The fourth-order valence-corrected chi connectivity index (χ4v) is 3.45. The Labute approximate surface area is 184 Å². The number of hydrazone groups is 2. The van der Waals surface area contributed by atoms with E-state index in [9.17, 15) is 9.90 Å². The van der Waals surface area contributed by atoms with Crippen LogP contribution in [0.2, 0.25) is 0 Å². The van der Waals surface area contributed by atoms with E-state index < -0.39 is 0 Å². The van der Waals surface area contributed by atoms with Crippen LogP contribution in [-0.2, 0) is 11.2 Å². The summed E-state index contributed by atoms with van der Waals surface area (Å²) in [5.74, 6) is -0.184. The highest BCUT2D eigenvalue weighted by molar-refractivity contribution is 6.68. The van der Waals surface area contributed by atoms with Crippen LogP contribution in [0.1, 0.15) is 59.4 Å². The highest BCUT2D eigenvalue weighted by atomic mass is 16.3. The molecule has 1 aromatic carbocycles. The number of aliphatic hydroxyl groups excluding tert-OH is 1. The molecule has 168 valence electrons. The highest BCUT2D eigenvalue weighted by Gasteiger charge is 2.29. The molecular weight excluding hydrogens is 392 g/mol. The molecule has 0 bridgehead atoms. The number of carbonyl (C=O) groups is 1. The van der Waals surface area contributed by atoms with Gasteiger partial charge in [-0.05, 0) is 70.6 Å². The second-order valence-electron chi connectivity index (χ2n) is 7.66. The van der Waals surface area contributed by atoms with Crippen molar-refractivity contribution in [3.8, 4) is 5.75 Å². The minimum absolute atomic E-state index is 0.00794. The van der Waals surface area contributed by atoms with Gasteiger partial charge in [0, 0.05) is 13.2 Å². The number of hydrogen-bond acceptors (Lipinski definition) is 6. The van der Waals surface area contributed by atoms with Gasteiger partial charge in [0.1, 0.15) is 5.75 Å². The third kappa shape index (κ3) is 6.04. The van der Waals surface area contributed by atoms with Gasteiger partial charge in [-0.1, -0.05) is 36.3 Å². The van der Waals surface area contributed by atoms with Gasteiger partial charge in [-0.25, -0.2) is 5.01 Å². The maximum absolute atomic E-state index is 12.4. The predicted octanol–water partition coefficient (Wildman–Crippen LogP) is 4.39. The number of para-hydroxylation sites is 1. The first-order chi connectivity index (χ1) is 14.8. The normalized spacial score (nSPS) is 16.6. The summed E-state index contributed by atoms with van der Waals surface area (Å²) in [4.78, 5) is 12.4. The number of benzene rings is 1. The van der Waals surface area contributed by atoms with Gasteiger partial charge in [-0.2, -0.15) is 10.2 Å². The molecule has 0 atom stereocenters. The molecule has 31 heavy (non-hydrogen) atoms. The van der Waals surface area contributed by atoms with Crippen molar-refractivity contribution in [3.63, 3.8) is 0 Å². The number of nitrogens with one attached hydrogen (secondary N) is 1. The number of phenolic OH excluding ortho intramolecular Hbond substituents is 1. The first kappa shape index (κ1) is 24.3. The number of carbonyl (C=O) groups excluding carboxylic acids is 1. The Hall–Kier alpha value is -2.93. The van der Waals surface area contributed by atoms with Gasteiger partial charge in [-0.15, -0.1) is 0 Å². The van der Waals surface area contributed by atoms with E-state index in [4.69, 9.17) is 5.11 Å². The number of nitrogens with zero attached hydrogens (tertiary/aromatic N) is 3. The number of aryl methyl sites for hydroxylation is 1. The quantitative estimate of drug-likeness (QED) is 0.294. The van der Waals surface area contributed by atoms with E-state index in [0.29, 0.717) is 30.8 Å². The van der Waals surface area contributed by atoms with Crippen molar-refractivity contribution < 1.29 is 15.0 Å². The van der Waals surface area contributed by atoms with Crippen molar-refractivity contribution in [1.29, 1.82) is 0 Å². The Morgan fingerprint density at radius 3 is 2.71 bits per heavy atom. The standard InChI is InChI=1S/C24H34N4O3/c1-6-16(3)20(17(4)7-2)13-12-19-10-8-11-21(23(19)30)25-26-22-18(5)27-28(24(22)31)14-9-15-29/h6,8,10-11,25,29-30H,7,9,12-15H2,1-5H3/b16-6-,20-17-,26-22-. The summed E-state index contributed by atoms with van der Waals surface area (Å²) >= 11 is 0. The van der Waals surface area contributed by atoms with Crippen molar-refractivity contribution >= 4 is 23.0 Å². The second kappa shape index (κ2) is 11.5. The molecule has 1 aliphatic heterocycles. The monoisotopic (exact) mass is 426 g/mol. The van der Waals surface area contributed by atoms with Crippen LogP contribution >= 0.6 is 0 Å². The molecule has 0 fully saturated rings. The Morgan fingerprint density at radius 2 is 2.06 bits per heavy atom. The number of rotatable bonds is 10. The van der Waals surface area contributed by atoms with Crippen LogP contribution in [0.25, 0.3) is 0 Å². The van der Waals surface area contributed by atoms with E-state index in [0.717, 1.165) is 18.4 Å². The molecule has 1 aliphatic rings. The number of phenols is 1. The fraction of sp³-hybridized carbons (Fsp3) is 0.458. The maximum Gasteiger partial charge on any atom is 0.296 e. The lowest BCUT2D eigenvalue weighted by atomic mass is 9.93. The molecule has 0 saturated carbocycles. The van der Waals surface area contributed by atoms with Crippen LogP contribution in [0.4, 0.5) is 5.69 Å². The van der Waals surface area contributed by atoms with Gasteiger partial charge in [0.05, 0.1) is 11.4 Å². The first-order valence-electron chi connectivity index (χ1n) is 10.8. The molecule has 0 radical (unpaired) electrons. The molecule has 2 rings (SSSR count). The number of aromatic hydroxyl groups is 1. The zero-order valence-electron chi connectivity index (χ0n) is 19.2. The number of aliphatic hydroxyl groups is 1. The van der Waals surface area contributed by atoms with Crippen LogP contribution in [-0.4, -0.2) is 45.7 Å². The lowest BCUT2D eigenvalue weighted by Crippen LogP contribution is -2.29. The van der Waals surface area contributed by atoms with Crippen molar-refractivity contribution in [1.82, 2.24) is 5.01 Å². The molecule has 7 heteroatoms. The van der Waals surface area contributed by atoms with Crippen LogP contribution in [0, 0.1) is 0 Å². The number of amides is 1. The maximum atomic E-state index is 12.4. The lowest BCUT2D eigenvalue weighted by molar-refractivity contribution is -0.123. The fourth-order valence-electron chi connectivity index (χ4n) is 3.45. The molecule has 0 unspecified atom stereocenters. The first-order valence-corrected chi connectivity index (χ1v) is 10.8. The predicted molar refractivity (Wildman–Crippen MR) is 126 cm³/mol. The van der Waals surface area contributed by atoms with E-state index in [1.807, 2.05) is 19.1 Å². The van der Waals surface area contributed by atoms with Crippen molar-refractivity contribution in [2.45, 2.75) is 60.3 Å². The van der Waals surface area contributed by atoms with Crippen LogP contribution in [0.15, 0.2) is 51.2 Å². The van der Waals surface area contributed by atoms with E-state index >= 15 is 0 Å². The molecule has 0 aliphatic carbocycles. The van der Waals surface area contributed by atoms with Crippen molar-refractivity contribution in [2.24, 2.45) is 10.2 Å². The van der Waals surface area contributed by atoms with Crippen molar-refractivity contribution in [2.75, 3.05) is 18.6 Å². The summed E-state index contributed by atoms with van der Waals surface area (Å²) in [6.45, 7) is 10.5. The zero-order valence-corrected chi connectivity index (χ0v) is 19.2. The van der Waals surface area contributed by atoms with Gasteiger partial charge in [0.15, 0.2) is 5.71 Å². The SMILES string of the molecule is C/C=C(C)\C(CCc1cccc(N/N=C2\C(=O)N(CCCO)N=C2C)c1O)=C(\C)CC. The Kier molecular flexibility index (Phi) is 9.00. The van der Waals surface area contributed by atoms with E-state index in [1.165, 1.54) is 21.7 Å². The average Bonchev–Trinajstić information content (AvgIpc) is 3.04. The van der Waals surface area contributed by atoms with Gasteiger partial charge in [0.2, 0.25) is 0 Å². The average molecular weight is 427 g/mol. The topological polar surface area (TPSA) is 97.5 Å². The van der Waals surface area contributed by atoms with E-state index in [1.54, 1.807) is 13.0 Å². The zero-order chi connectivity index (χ0) is 23.0. The van der Waals surface area contributed by atoms with E-state index in [-0.39, 0.29) is 24.0 Å². The summed E-state index contributed by atoms with van der Waals surface area (Å²) in [6, 6.07) is 5.49. The molecule has 0 spiro atoms. The molecule has 7 nitrogen and oxygen atoms in total. The second-order valence-corrected chi connectivity index (χ2v) is 7.66. The number of hydrogen-bond donors (Lipinski definition) is 3. The van der Waals surface area contributed by atoms with Crippen LogP contribution < -0.4 is 5.43 Å². The molecule has 0 saturated heterocycles. The minimum atomic E-state index is -0.319. The summed E-state index contributed by atoms with van der Waals surface area (Å²) in [7, 11) is 0. The van der Waals surface area contributed by atoms with Gasteiger partial charge < -0.3 is 10.2 Å². The summed E-state index contributed by atoms with van der Waals surface area (Å²) < 4.78 is 0. The largest absolute Gasteiger partial charge is 0.505 e. The molecule has 0 aromatic heterocycles. The third-order valence-corrected chi connectivity index (χ3v) is 5.59. The summed E-state index contributed by atoms with van der Waals surface area (Å²) in [5.41, 5.74) is 8.74. The van der Waals surface area contributed by atoms with Gasteiger partial charge in [-0.3, -0.25) is 10.2 Å². The van der Waals surface area contributed by atoms with Gasteiger partial charge in [0.25, 0.3) is 5.91 Å². The number of allylic oxidation sites excluding steroid dienone is 4. The van der Waals surface area contributed by atoms with Crippen molar-refractivity contribution in [3.05, 3.63) is 46.6 Å². The minimum Gasteiger partial charge on any atom is -0.505 e. The lowest BCUT2D eigenvalue weighted by Gasteiger charge is -2.14. The highest BCUT2D eigenvalue weighted by Crippen LogP contribution is 2.31. The van der Waals surface area contributed by atoms with Crippen LogP contribution in [0.5, 0.6) is 5.75 Å². The molecular formula is C24H34N4O3. The summed E-state index contributed by atoms with van der Waals surface area (Å²) in [5, 5.41) is 29.4. The third-order valence-electron chi connectivity index (χ3n) is 5.59. The molecule has 1 aromatic rings.